The standard InChI is InChI=1S/C32H28FN7O5/c1-5-23-27-22(31(43)40(23)21-11-9-18(10-12-21)26-17(2)45-39(4)32(26)44)16-24(33)35-28(27)30(42)34-20-8-6-7-19(15-20)29(41)36-25-13-14-38(3)37-25/h6-16,23H,5H2,1-4H3,(H,34,42)(H,36,37,41)/t23-/m0/s1. The van der Waals surface area contributed by atoms with Crippen LogP contribution in [-0.2, 0) is 14.1 Å². The highest BCUT2D eigenvalue weighted by molar-refractivity contribution is 6.15. The van der Waals surface area contributed by atoms with Crippen LogP contribution in [0.3, 0.4) is 0 Å². The average Bonchev–Trinajstić information content (AvgIpc) is 3.64. The second-order valence-corrected chi connectivity index (χ2v) is 10.6. The molecule has 228 valence electrons. The summed E-state index contributed by atoms with van der Waals surface area (Å²) in [4.78, 5) is 57.9. The summed E-state index contributed by atoms with van der Waals surface area (Å²) in [5.41, 5.74) is 1.89. The van der Waals surface area contributed by atoms with E-state index >= 15 is 0 Å². The zero-order chi connectivity index (χ0) is 32.0. The number of nitrogens with zero attached hydrogens (tertiary/aromatic N) is 5. The highest BCUT2D eigenvalue weighted by Gasteiger charge is 2.41. The highest BCUT2D eigenvalue weighted by Crippen LogP contribution is 2.41. The van der Waals surface area contributed by atoms with Crippen LogP contribution in [0.5, 0.6) is 0 Å². The molecule has 2 aromatic carbocycles. The van der Waals surface area contributed by atoms with Crippen LogP contribution in [0.25, 0.3) is 11.1 Å². The van der Waals surface area contributed by atoms with Gasteiger partial charge in [0.15, 0.2) is 5.82 Å². The van der Waals surface area contributed by atoms with E-state index in [4.69, 9.17) is 4.52 Å². The lowest BCUT2D eigenvalue weighted by atomic mass is 10.00. The van der Waals surface area contributed by atoms with E-state index in [-0.39, 0.29) is 28.1 Å². The molecule has 3 amide bonds. The summed E-state index contributed by atoms with van der Waals surface area (Å²) in [6, 6.07) is 15.1. The van der Waals surface area contributed by atoms with Gasteiger partial charge in [0.05, 0.1) is 17.2 Å². The van der Waals surface area contributed by atoms with Gasteiger partial charge in [-0.05, 0) is 49.2 Å². The Morgan fingerprint density at radius 3 is 2.40 bits per heavy atom. The van der Waals surface area contributed by atoms with Crippen molar-refractivity contribution in [1.82, 2.24) is 19.5 Å². The van der Waals surface area contributed by atoms with Gasteiger partial charge in [-0.1, -0.05) is 25.1 Å². The lowest BCUT2D eigenvalue weighted by molar-refractivity contribution is 0.0987. The van der Waals surface area contributed by atoms with Crippen molar-refractivity contribution in [3.05, 3.63) is 111 Å². The number of pyridine rings is 1. The molecule has 0 spiro atoms. The molecule has 4 heterocycles. The number of benzene rings is 2. The quantitative estimate of drug-likeness (QED) is 0.251. The van der Waals surface area contributed by atoms with Gasteiger partial charge in [-0.3, -0.25) is 23.9 Å². The Kier molecular flexibility index (Phi) is 7.36. The summed E-state index contributed by atoms with van der Waals surface area (Å²) >= 11 is 0. The normalized spacial score (nSPS) is 14.0. The third-order valence-corrected chi connectivity index (χ3v) is 7.62. The first-order valence-electron chi connectivity index (χ1n) is 14.1. The third-order valence-electron chi connectivity index (χ3n) is 7.62. The van der Waals surface area contributed by atoms with Crippen LogP contribution in [0, 0.1) is 12.9 Å². The zero-order valence-corrected chi connectivity index (χ0v) is 24.8. The molecule has 0 unspecified atom stereocenters. The van der Waals surface area contributed by atoms with Crippen LogP contribution in [-0.4, -0.2) is 37.2 Å². The minimum absolute atomic E-state index is 0.0339. The molecule has 0 saturated carbocycles. The molecule has 2 N–H and O–H groups in total. The maximum absolute atomic E-state index is 14.8. The number of halogens is 1. The number of rotatable bonds is 7. The molecule has 12 nitrogen and oxygen atoms in total. The van der Waals surface area contributed by atoms with E-state index in [1.165, 1.54) is 18.0 Å². The van der Waals surface area contributed by atoms with Crippen molar-refractivity contribution in [2.75, 3.05) is 15.5 Å². The summed E-state index contributed by atoms with van der Waals surface area (Å²) in [7, 11) is 3.25. The van der Waals surface area contributed by atoms with Crippen molar-refractivity contribution in [3.8, 4) is 11.1 Å². The van der Waals surface area contributed by atoms with Crippen molar-refractivity contribution in [2.45, 2.75) is 26.3 Å². The molecule has 6 rings (SSSR count). The van der Waals surface area contributed by atoms with E-state index in [2.05, 4.69) is 20.7 Å². The lowest BCUT2D eigenvalue weighted by Gasteiger charge is -2.25. The highest BCUT2D eigenvalue weighted by atomic mass is 19.1. The molecule has 5 aromatic rings. The molecule has 45 heavy (non-hydrogen) atoms. The van der Waals surface area contributed by atoms with Crippen LogP contribution >= 0.6 is 0 Å². The molecule has 0 bridgehead atoms. The van der Waals surface area contributed by atoms with Crippen LogP contribution < -0.4 is 21.1 Å². The zero-order valence-electron chi connectivity index (χ0n) is 24.8. The Bertz CT molecular complexity index is 2040. The number of hydrogen-bond donors (Lipinski definition) is 2. The molecule has 13 heteroatoms. The molecule has 1 aliphatic rings. The molecular weight excluding hydrogens is 581 g/mol. The third kappa shape index (κ3) is 5.28. The number of aromatic nitrogens is 4. The van der Waals surface area contributed by atoms with Crippen LogP contribution in [0.15, 0.2) is 76.2 Å². The Labute approximate surface area is 256 Å². The van der Waals surface area contributed by atoms with Crippen LogP contribution in [0.4, 0.5) is 21.6 Å². The van der Waals surface area contributed by atoms with E-state index in [0.29, 0.717) is 40.4 Å². The Balaban J connectivity index is 1.28. The van der Waals surface area contributed by atoms with Crippen molar-refractivity contribution < 1.29 is 23.3 Å². The van der Waals surface area contributed by atoms with E-state index < -0.39 is 29.7 Å². The van der Waals surface area contributed by atoms with Gasteiger partial charge in [0.1, 0.15) is 11.5 Å². The number of amides is 3. The summed E-state index contributed by atoms with van der Waals surface area (Å²) < 4.78 is 22.9. The van der Waals surface area contributed by atoms with E-state index in [9.17, 15) is 23.6 Å². The molecule has 0 fully saturated rings. The predicted molar refractivity (Wildman–Crippen MR) is 164 cm³/mol. The van der Waals surface area contributed by atoms with Crippen LogP contribution in [0.2, 0.25) is 0 Å². The molecular formula is C32H28FN7O5. The molecule has 0 saturated heterocycles. The van der Waals surface area contributed by atoms with Gasteiger partial charge in [-0.15, -0.1) is 0 Å². The Morgan fingerprint density at radius 1 is 1.00 bits per heavy atom. The van der Waals surface area contributed by atoms with Crippen molar-refractivity contribution in [3.63, 3.8) is 0 Å². The molecule has 3 aromatic heterocycles. The maximum Gasteiger partial charge on any atom is 0.290 e. The second kappa shape index (κ2) is 11.3. The summed E-state index contributed by atoms with van der Waals surface area (Å²) in [5, 5.41) is 9.50. The fraction of sp³-hybridized carbons (Fsp3) is 0.188. The van der Waals surface area contributed by atoms with Crippen molar-refractivity contribution >= 4 is 34.9 Å². The monoisotopic (exact) mass is 609 g/mol. The maximum atomic E-state index is 14.8. The van der Waals surface area contributed by atoms with Gasteiger partial charge in [0, 0.05) is 54.9 Å². The SMILES string of the molecule is CC[C@H]1c2c(cc(F)nc2C(=O)Nc2cccc(C(=O)Nc3ccn(C)n3)c2)C(=O)N1c1ccc(-c2c(C)on(C)c2=O)cc1. The average molecular weight is 610 g/mol. The summed E-state index contributed by atoms with van der Waals surface area (Å²) in [5.74, 6) is -1.80. The van der Waals surface area contributed by atoms with E-state index in [1.54, 1.807) is 73.4 Å². The van der Waals surface area contributed by atoms with Crippen LogP contribution in [0.1, 0.15) is 61.9 Å². The molecule has 0 aliphatic carbocycles. The summed E-state index contributed by atoms with van der Waals surface area (Å²) in [6.07, 6.45) is 2.09. The van der Waals surface area contributed by atoms with Gasteiger partial charge >= 0.3 is 0 Å². The molecule has 0 radical (unpaired) electrons. The minimum Gasteiger partial charge on any atom is -0.381 e. The first kappa shape index (κ1) is 29.2. The first-order chi connectivity index (χ1) is 21.5. The minimum atomic E-state index is -0.978. The summed E-state index contributed by atoms with van der Waals surface area (Å²) in [6.45, 7) is 3.54. The Morgan fingerprint density at radius 2 is 1.76 bits per heavy atom. The topological polar surface area (TPSA) is 144 Å². The second-order valence-electron chi connectivity index (χ2n) is 10.6. The largest absolute Gasteiger partial charge is 0.381 e. The van der Waals surface area contributed by atoms with Gasteiger partial charge in [-0.25, -0.2) is 4.98 Å². The number of aryl methyl sites for hydroxylation is 3. The van der Waals surface area contributed by atoms with E-state index in [0.717, 1.165) is 10.8 Å². The lowest BCUT2D eigenvalue weighted by Crippen LogP contribution is -2.28. The van der Waals surface area contributed by atoms with Gasteiger partial charge in [0.2, 0.25) is 5.95 Å². The van der Waals surface area contributed by atoms with Gasteiger partial charge in [-0.2, -0.15) is 14.2 Å². The number of anilines is 3. The van der Waals surface area contributed by atoms with Gasteiger partial charge in [0.25, 0.3) is 23.3 Å². The van der Waals surface area contributed by atoms with E-state index in [1.807, 2.05) is 6.92 Å². The van der Waals surface area contributed by atoms with Crippen molar-refractivity contribution in [2.24, 2.45) is 14.1 Å². The Hall–Kier alpha value is -5.85. The molecule has 1 aliphatic heterocycles. The first-order valence-corrected chi connectivity index (χ1v) is 14.1. The van der Waals surface area contributed by atoms with Crippen molar-refractivity contribution in [1.29, 1.82) is 0 Å². The number of carbonyl (C=O) groups is 3. The molecule has 1 atom stereocenters. The fourth-order valence-electron chi connectivity index (χ4n) is 5.61. The fourth-order valence-corrected chi connectivity index (χ4v) is 5.61. The predicted octanol–water partition coefficient (Wildman–Crippen LogP) is 4.84. The smallest absolute Gasteiger partial charge is 0.290 e. The number of carbonyl (C=O) groups excluding carboxylic acids is 3. The van der Waals surface area contributed by atoms with Gasteiger partial charge < -0.3 is 20.1 Å². The number of fused-ring (bicyclic) bond motifs is 1. The number of hydrogen-bond acceptors (Lipinski definition) is 7. The number of nitrogens with one attached hydrogen (secondary N) is 2.